The van der Waals surface area contributed by atoms with Gasteiger partial charge in [0, 0.05) is 6.08 Å². The fraction of sp³-hybridized carbons (Fsp3) is 0.667. The van der Waals surface area contributed by atoms with E-state index in [4.69, 9.17) is 9.47 Å². The van der Waals surface area contributed by atoms with Crippen molar-refractivity contribution < 1.29 is 24.8 Å². The molecule has 5 heteroatoms. The van der Waals surface area contributed by atoms with Crippen molar-refractivity contribution in [2.45, 2.75) is 45.8 Å². The third-order valence-corrected chi connectivity index (χ3v) is 1.64. The van der Waals surface area contributed by atoms with Crippen LogP contribution in [0.15, 0.2) is 12.2 Å². The van der Waals surface area contributed by atoms with E-state index in [1.165, 1.54) is 6.08 Å². The Hall–Kier alpha value is -1.36. The molecule has 0 bridgehead atoms. The summed E-state index contributed by atoms with van der Waals surface area (Å²) < 4.78 is 9.84. The van der Waals surface area contributed by atoms with Crippen molar-refractivity contribution >= 4 is 11.9 Å². The van der Waals surface area contributed by atoms with Crippen molar-refractivity contribution in [3.63, 3.8) is 0 Å². The molecule has 0 radical (unpaired) electrons. The van der Waals surface area contributed by atoms with Gasteiger partial charge in [-0.25, -0.2) is 4.79 Å². The number of ether oxygens (including phenoxy) is 2. The maximum absolute atomic E-state index is 11.4. The summed E-state index contributed by atoms with van der Waals surface area (Å²) >= 11 is 0. The minimum Gasteiger partial charge on any atom is -0.463 e. The Kier molecular flexibility index (Phi) is 6.50. The molecule has 0 saturated carbocycles. The highest BCUT2D eigenvalue weighted by molar-refractivity contribution is 5.82. The average Bonchev–Trinajstić information content (AvgIpc) is 2.12. The normalized spacial score (nSPS) is 13.5. The Labute approximate surface area is 102 Å². The molecule has 5 nitrogen and oxygen atoms in total. The van der Waals surface area contributed by atoms with Gasteiger partial charge >= 0.3 is 11.9 Å². The highest BCUT2D eigenvalue weighted by Gasteiger charge is 2.19. The summed E-state index contributed by atoms with van der Waals surface area (Å²) in [6, 6.07) is -0.297. The van der Waals surface area contributed by atoms with Crippen LogP contribution in [0.1, 0.15) is 34.1 Å². The SMILES string of the molecule is CCOC(=O)/C=C/[C@@H]([NH3+])CC(=O)OC(C)(C)C. The predicted octanol–water partition coefficient (Wildman–Crippen LogP) is 0.448. The fourth-order valence-electron chi connectivity index (χ4n) is 1.07. The molecule has 0 aliphatic carbocycles. The highest BCUT2D eigenvalue weighted by Crippen LogP contribution is 2.08. The summed E-state index contributed by atoms with van der Waals surface area (Å²) in [6.45, 7) is 7.47. The molecule has 0 fully saturated rings. The summed E-state index contributed by atoms with van der Waals surface area (Å²) in [7, 11) is 0. The third kappa shape index (κ3) is 9.56. The van der Waals surface area contributed by atoms with Crippen molar-refractivity contribution in [2.75, 3.05) is 6.61 Å². The van der Waals surface area contributed by atoms with E-state index < -0.39 is 11.6 Å². The number of hydrogen-bond donors (Lipinski definition) is 1. The molecule has 17 heavy (non-hydrogen) atoms. The fourth-order valence-corrected chi connectivity index (χ4v) is 1.07. The number of carbonyl (C=O) groups is 2. The van der Waals surface area contributed by atoms with Crippen molar-refractivity contribution in [1.29, 1.82) is 0 Å². The van der Waals surface area contributed by atoms with Gasteiger partial charge in [0.1, 0.15) is 18.1 Å². The molecule has 0 saturated heterocycles. The second-order valence-electron chi connectivity index (χ2n) is 4.66. The van der Waals surface area contributed by atoms with E-state index in [-0.39, 0.29) is 18.4 Å². The van der Waals surface area contributed by atoms with E-state index in [1.807, 2.05) is 0 Å². The van der Waals surface area contributed by atoms with E-state index >= 15 is 0 Å². The molecular weight excluding hydrogens is 222 g/mol. The maximum atomic E-state index is 11.4. The number of quaternary nitrogens is 1. The molecule has 0 aromatic heterocycles. The van der Waals surface area contributed by atoms with E-state index in [1.54, 1.807) is 33.8 Å². The molecule has 0 amide bonds. The first kappa shape index (κ1) is 15.6. The first-order valence-electron chi connectivity index (χ1n) is 5.64. The molecule has 3 N–H and O–H groups in total. The predicted molar refractivity (Wildman–Crippen MR) is 62.9 cm³/mol. The first-order valence-corrected chi connectivity index (χ1v) is 5.64. The highest BCUT2D eigenvalue weighted by atomic mass is 16.6. The lowest BCUT2D eigenvalue weighted by molar-refractivity contribution is -0.402. The molecule has 1 atom stereocenters. The molecule has 0 aromatic rings. The van der Waals surface area contributed by atoms with Gasteiger partial charge in [-0.1, -0.05) is 0 Å². The monoisotopic (exact) mass is 244 g/mol. The minimum atomic E-state index is -0.498. The van der Waals surface area contributed by atoms with E-state index in [0.29, 0.717) is 6.61 Å². The van der Waals surface area contributed by atoms with E-state index in [9.17, 15) is 9.59 Å². The van der Waals surface area contributed by atoms with E-state index in [2.05, 4.69) is 5.73 Å². The van der Waals surface area contributed by atoms with Crippen LogP contribution in [0.4, 0.5) is 0 Å². The van der Waals surface area contributed by atoms with Crippen molar-refractivity contribution in [1.82, 2.24) is 0 Å². The van der Waals surface area contributed by atoms with Crippen molar-refractivity contribution in [3.8, 4) is 0 Å². The molecule has 0 aliphatic heterocycles. The Bertz CT molecular complexity index is 291. The van der Waals surface area contributed by atoms with Gasteiger partial charge < -0.3 is 15.2 Å². The summed E-state index contributed by atoms with van der Waals surface area (Å²) in [5, 5.41) is 0. The van der Waals surface area contributed by atoms with Gasteiger partial charge in [-0.2, -0.15) is 0 Å². The first-order chi connectivity index (χ1) is 7.74. The maximum Gasteiger partial charge on any atom is 0.330 e. The minimum absolute atomic E-state index is 0.146. The van der Waals surface area contributed by atoms with E-state index in [0.717, 1.165) is 0 Å². The summed E-state index contributed by atoms with van der Waals surface area (Å²) in [4.78, 5) is 22.4. The van der Waals surface area contributed by atoms with Crippen LogP contribution < -0.4 is 5.73 Å². The molecule has 0 heterocycles. The van der Waals surface area contributed by atoms with Gasteiger partial charge in [0.15, 0.2) is 0 Å². The zero-order valence-corrected chi connectivity index (χ0v) is 11.0. The van der Waals surface area contributed by atoms with Crippen LogP contribution >= 0.6 is 0 Å². The van der Waals surface area contributed by atoms with Gasteiger partial charge in [-0.3, -0.25) is 4.79 Å². The van der Waals surface area contributed by atoms with Crippen LogP contribution in [-0.2, 0) is 19.1 Å². The van der Waals surface area contributed by atoms with Crippen LogP contribution in [0.3, 0.4) is 0 Å². The van der Waals surface area contributed by atoms with Crippen molar-refractivity contribution in [3.05, 3.63) is 12.2 Å². The Balaban J connectivity index is 4.05. The number of carbonyl (C=O) groups excluding carboxylic acids is 2. The molecule has 0 aromatic carbocycles. The summed E-state index contributed by atoms with van der Waals surface area (Å²) in [6.07, 6.45) is 2.97. The van der Waals surface area contributed by atoms with Gasteiger partial charge in [0.05, 0.1) is 6.61 Å². The summed E-state index contributed by atoms with van der Waals surface area (Å²) in [5.41, 5.74) is 3.25. The van der Waals surface area contributed by atoms with Crippen LogP contribution in [-0.4, -0.2) is 30.2 Å². The lowest BCUT2D eigenvalue weighted by Gasteiger charge is -2.19. The molecular formula is C12H22NO4+. The van der Waals surface area contributed by atoms with Gasteiger partial charge in [-0.15, -0.1) is 0 Å². The smallest absolute Gasteiger partial charge is 0.330 e. The second kappa shape index (κ2) is 7.06. The average molecular weight is 244 g/mol. The largest absolute Gasteiger partial charge is 0.463 e. The third-order valence-electron chi connectivity index (χ3n) is 1.64. The lowest BCUT2D eigenvalue weighted by atomic mass is 10.1. The molecule has 0 spiro atoms. The van der Waals surface area contributed by atoms with Gasteiger partial charge in [-0.05, 0) is 33.8 Å². The number of esters is 2. The van der Waals surface area contributed by atoms with Crippen LogP contribution in [0.2, 0.25) is 0 Å². The standard InChI is InChI=1S/C12H21NO4/c1-5-16-10(14)7-6-9(13)8-11(15)17-12(2,3)4/h6-7,9H,5,8,13H2,1-4H3/p+1/b7-6+/t9-/m1/s1. The number of rotatable bonds is 5. The quantitative estimate of drug-likeness (QED) is 0.562. The lowest BCUT2D eigenvalue weighted by Crippen LogP contribution is -2.60. The van der Waals surface area contributed by atoms with Crippen LogP contribution in [0, 0.1) is 0 Å². The Morgan fingerprint density at radius 1 is 1.35 bits per heavy atom. The van der Waals surface area contributed by atoms with Crippen LogP contribution in [0.5, 0.6) is 0 Å². The van der Waals surface area contributed by atoms with Gasteiger partial charge in [0.2, 0.25) is 0 Å². The van der Waals surface area contributed by atoms with Crippen molar-refractivity contribution in [2.24, 2.45) is 0 Å². The topological polar surface area (TPSA) is 80.2 Å². The molecule has 0 rings (SSSR count). The zero-order valence-electron chi connectivity index (χ0n) is 11.0. The van der Waals surface area contributed by atoms with Crippen LogP contribution in [0.25, 0.3) is 0 Å². The molecule has 98 valence electrons. The van der Waals surface area contributed by atoms with Gasteiger partial charge in [0.25, 0.3) is 0 Å². The molecule has 0 aliphatic rings. The Morgan fingerprint density at radius 3 is 2.41 bits per heavy atom. The number of hydrogen-bond acceptors (Lipinski definition) is 4. The molecule has 0 unspecified atom stereocenters. The second-order valence-corrected chi connectivity index (χ2v) is 4.66. The summed E-state index contributed by atoms with van der Waals surface area (Å²) in [5.74, 6) is -0.753. The zero-order chi connectivity index (χ0) is 13.5. The Morgan fingerprint density at radius 2 is 1.94 bits per heavy atom.